The predicted octanol–water partition coefficient (Wildman–Crippen LogP) is 3.22. The normalized spacial score (nSPS) is 22.5. The lowest BCUT2D eigenvalue weighted by Crippen LogP contribution is -2.41. The largest absolute Gasteiger partial charge is 0.342 e. The Hall–Kier alpha value is -1.84. The monoisotopic (exact) mass is 328 g/mol. The van der Waals surface area contributed by atoms with E-state index >= 15 is 0 Å². The van der Waals surface area contributed by atoms with Crippen molar-refractivity contribution in [2.75, 3.05) is 13.6 Å². The number of nitrogens with zero attached hydrogens (tertiary/aromatic N) is 2. The molecule has 4 nitrogen and oxygen atoms in total. The highest BCUT2D eigenvalue weighted by Gasteiger charge is 2.37. The number of hydrogen-bond donors (Lipinski definition) is 0. The lowest BCUT2D eigenvalue weighted by Gasteiger charge is -2.29. The number of hydrogen-bond acceptors (Lipinski definition) is 2. The third kappa shape index (κ3) is 3.97. The Morgan fingerprint density at radius 2 is 1.79 bits per heavy atom. The molecule has 0 N–H and O–H groups in total. The summed E-state index contributed by atoms with van der Waals surface area (Å²) < 4.78 is 0. The van der Waals surface area contributed by atoms with Gasteiger partial charge in [0, 0.05) is 32.6 Å². The molecule has 1 unspecified atom stereocenters. The molecule has 1 aliphatic heterocycles. The van der Waals surface area contributed by atoms with Crippen molar-refractivity contribution in [1.29, 1.82) is 0 Å². The zero-order valence-corrected chi connectivity index (χ0v) is 14.6. The van der Waals surface area contributed by atoms with Crippen LogP contribution in [-0.2, 0) is 16.1 Å². The molecule has 0 aromatic heterocycles. The van der Waals surface area contributed by atoms with E-state index in [1.54, 1.807) is 0 Å². The second kappa shape index (κ2) is 7.82. The first-order valence-electron chi connectivity index (χ1n) is 9.23. The van der Waals surface area contributed by atoms with Crippen LogP contribution in [0.5, 0.6) is 0 Å². The van der Waals surface area contributed by atoms with Crippen LogP contribution in [0.2, 0.25) is 0 Å². The van der Waals surface area contributed by atoms with Gasteiger partial charge in [0.2, 0.25) is 11.8 Å². The fourth-order valence-corrected chi connectivity index (χ4v) is 4.01. The van der Waals surface area contributed by atoms with Crippen molar-refractivity contribution in [2.45, 2.75) is 57.5 Å². The van der Waals surface area contributed by atoms with Crippen molar-refractivity contribution in [3.8, 4) is 0 Å². The van der Waals surface area contributed by atoms with Crippen molar-refractivity contribution in [3.63, 3.8) is 0 Å². The van der Waals surface area contributed by atoms with Gasteiger partial charge in [0.25, 0.3) is 0 Å². The Morgan fingerprint density at radius 3 is 2.46 bits per heavy atom. The summed E-state index contributed by atoms with van der Waals surface area (Å²) in [5.41, 5.74) is 1.12. The molecule has 2 amide bonds. The summed E-state index contributed by atoms with van der Waals surface area (Å²) in [6, 6.07) is 10.4. The molecular weight excluding hydrogens is 300 g/mol. The molecule has 1 aliphatic carbocycles. The van der Waals surface area contributed by atoms with E-state index in [4.69, 9.17) is 0 Å². The molecule has 2 aliphatic rings. The highest BCUT2D eigenvalue weighted by atomic mass is 16.2. The van der Waals surface area contributed by atoms with Crippen LogP contribution in [0.3, 0.4) is 0 Å². The number of carbonyl (C=O) groups excluding carboxylic acids is 2. The first-order chi connectivity index (χ1) is 11.6. The zero-order valence-electron chi connectivity index (χ0n) is 14.6. The predicted molar refractivity (Wildman–Crippen MR) is 94.2 cm³/mol. The summed E-state index contributed by atoms with van der Waals surface area (Å²) in [6.45, 7) is 1.17. The maximum absolute atomic E-state index is 12.8. The van der Waals surface area contributed by atoms with Crippen LogP contribution in [0.25, 0.3) is 0 Å². The molecule has 1 aromatic carbocycles. The molecule has 4 heteroatoms. The quantitative estimate of drug-likeness (QED) is 0.796. The maximum Gasteiger partial charge on any atom is 0.227 e. The number of carbonyl (C=O) groups is 2. The van der Waals surface area contributed by atoms with Crippen molar-refractivity contribution in [3.05, 3.63) is 35.9 Å². The molecule has 130 valence electrons. The van der Waals surface area contributed by atoms with E-state index < -0.39 is 0 Å². The van der Waals surface area contributed by atoms with Gasteiger partial charge in [0.15, 0.2) is 0 Å². The van der Waals surface area contributed by atoms with Gasteiger partial charge in [-0.05, 0) is 18.4 Å². The minimum absolute atomic E-state index is 0.103. The summed E-state index contributed by atoms with van der Waals surface area (Å²) >= 11 is 0. The molecular formula is C20H28N2O2. The van der Waals surface area contributed by atoms with Crippen LogP contribution in [0.1, 0.15) is 50.5 Å². The maximum atomic E-state index is 12.8. The van der Waals surface area contributed by atoms with E-state index in [1.165, 1.54) is 25.7 Å². The van der Waals surface area contributed by atoms with Gasteiger partial charge in [0.1, 0.15) is 0 Å². The van der Waals surface area contributed by atoms with Gasteiger partial charge in [-0.15, -0.1) is 0 Å². The minimum Gasteiger partial charge on any atom is -0.342 e. The van der Waals surface area contributed by atoms with E-state index in [2.05, 4.69) is 0 Å². The summed E-state index contributed by atoms with van der Waals surface area (Å²) in [6.07, 6.45) is 7.57. The van der Waals surface area contributed by atoms with Gasteiger partial charge in [-0.1, -0.05) is 56.0 Å². The van der Waals surface area contributed by atoms with Gasteiger partial charge in [-0.25, -0.2) is 0 Å². The highest BCUT2D eigenvalue weighted by molar-refractivity contribution is 5.89. The van der Waals surface area contributed by atoms with Gasteiger partial charge >= 0.3 is 0 Å². The Labute approximate surface area is 144 Å². The van der Waals surface area contributed by atoms with Gasteiger partial charge < -0.3 is 9.80 Å². The van der Waals surface area contributed by atoms with Gasteiger partial charge in [-0.3, -0.25) is 9.59 Å². The summed E-state index contributed by atoms with van der Waals surface area (Å²) in [5, 5.41) is 0. The van der Waals surface area contributed by atoms with E-state index in [0.29, 0.717) is 25.6 Å². The van der Waals surface area contributed by atoms with E-state index in [-0.39, 0.29) is 17.7 Å². The number of rotatable bonds is 4. The fourth-order valence-electron chi connectivity index (χ4n) is 4.01. The van der Waals surface area contributed by atoms with Gasteiger partial charge in [0.05, 0.1) is 5.92 Å². The highest BCUT2D eigenvalue weighted by Crippen LogP contribution is 2.26. The third-order valence-corrected chi connectivity index (χ3v) is 5.50. The summed E-state index contributed by atoms with van der Waals surface area (Å²) in [4.78, 5) is 28.9. The molecule has 2 fully saturated rings. The second-order valence-electron chi connectivity index (χ2n) is 7.26. The number of amides is 2. The van der Waals surface area contributed by atoms with Crippen molar-refractivity contribution >= 4 is 11.8 Å². The molecule has 0 bridgehead atoms. The van der Waals surface area contributed by atoms with E-state index in [0.717, 1.165) is 18.4 Å². The average Bonchev–Trinajstić information content (AvgIpc) is 2.80. The van der Waals surface area contributed by atoms with Crippen molar-refractivity contribution in [1.82, 2.24) is 9.80 Å². The zero-order chi connectivity index (χ0) is 16.9. The fraction of sp³-hybridized carbons (Fsp3) is 0.600. The van der Waals surface area contributed by atoms with E-state index in [1.807, 2.05) is 47.2 Å². The Balaban J connectivity index is 1.58. The molecule has 1 heterocycles. The lowest BCUT2D eigenvalue weighted by molar-refractivity contribution is -0.136. The van der Waals surface area contributed by atoms with E-state index in [9.17, 15) is 9.59 Å². The molecule has 1 aromatic rings. The summed E-state index contributed by atoms with van der Waals surface area (Å²) in [5.74, 6) is 0.0896. The first-order valence-corrected chi connectivity index (χ1v) is 9.23. The van der Waals surface area contributed by atoms with Crippen LogP contribution in [0.15, 0.2) is 30.3 Å². The van der Waals surface area contributed by atoms with Crippen LogP contribution in [0.4, 0.5) is 0 Å². The third-order valence-electron chi connectivity index (χ3n) is 5.50. The van der Waals surface area contributed by atoms with Gasteiger partial charge in [-0.2, -0.15) is 0 Å². The topological polar surface area (TPSA) is 40.6 Å². The van der Waals surface area contributed by atoms with Crippen molar-refractivity contribution in [2.24, 2.45) is 5.92 Å². The molecule has 1 atom stereocenters. The Kier molecular flexibility index (Phi) is 5.54. The van der Waals surface area contributed by atoms with Crippen LogP contribution in [-0.4, -0.2) is 41.2 Å². The van der Waals surface area contributed by atoms with Crippen LogP contribution >= 0.6 is 0 Å². The SMILES string of the molecule is CN(C(=O)C1CC(=O)N(Cc2ccccc2)C1)C1CCCCCC1. The molecule has 1 saturated heterocycles. The van der Waals surface area contributed by atoms with Crippen LogP contribution in [0, 0.1) is 5.92 Å². The Bertz CT molecular complexity index is 564. The minimum atomic E-state index is -0.172. The molecule has 24 heavy (non-hydrogen) atoms. The average molecular weight is 328 g/mol. The molecule has 3 rings (SSSR count). The van der Waals surface area contributed by atoms with Crippen molar-refractivity contribution < 1.29 is 9.59 Å². The van der Waals surface area contributed by atoms with Crippen LogP contribution < -0.4 is 0 Å². The second-order valence-corrected chi connectivity index (χ2v) is 7.26. The first kappa shape index (κ1) is 17.0. The molecule has 0 radical (unpaired) electrons. The Morgan fingerprint density at radius 1 is 1.12 bits per heavy atom. The number of benzene rings is 1. The standard InChI is InChI=1S/C20H28N2O2/c1-21(18-11-7-2-3-8-12-18)20(24)17-13-19(23)22(15-17)14-16-9-5-4-6-10-16/h4-6,9-10,17-18H,2-3,7-8,11-15H2,1H3. The summed E-state index contributed by atoms with van der Waals surface area (Å²) in [7, 11) is 1.93. The molecule has 1 saturated carbocycles. The molecule has 0 spiro atoms. The smallest absolute Gasteiger partial charge is 0.227 e. The number of likely N-dealkylation sites (tertiary alicyclic amines) is 1. The lowest BCUT2D eigenvalue weighted by atomic mass is 10.0.